The van der Waals surface area contributed by atoms with E-state index in [-0.39, 0.29) is 12.0 Å². The molecule has 0 spiro atoms. The molecule has 0 aromatic carbocycles. The quantitative estimate of drug-likeness (QED) is 0.592. The van der Waals surface area contributed by atoms with Crippen molar-refractivity contribution in [2.24, 2.45) is 0 Å². The van der Waals surface area contributed by atoms with E-state index >= 15 is 0 Å². The van der Waals surface area contributed by atoms with E-state index in [1.54, 1.807) is 19.2 Å². The number of hydrogen-bond acceptors (Lipinski definition) is 2. The van der Waals surface area contributed by atoms with Crippen molar-refractivity contribution >= 4 is 0 Å². The first-order valence-corrected chi connectivity index (χ1v) is 3.79. The Morgan fingerprint density at radius 3 is 3.00 bits per heavy atom. The summed E-state index contributed by atoms with van der Waals surface area (Å²) in [5.41, 5.74) is 1.25. The number of hydrogen-bond donors (Lipinski definition) is 1. The van der Waals surface area contributed by atoms with Gasteiger partial charge in [-0.1, -0.05) is 11.8 Å². The van der Waals surface area contributed by atoms with Crippen molar-refractivity contribution in [3.05, 3.63) is 33.7 Å². The molecule has 3 nitrogen and oxygen atoms in total. The van der Waals surface area contributed by atoms with Gasteiger partial charge in [-0.15, -0.1) is 0 Å². The van der Waals surface area contributed by atoms with Gasteiger partial charge in [0, 0.05) is 17.3 Å². The zero-order chi connectivity index (χ0) is 9.68. The van der Waals surface area contributed by atoms with Crippen LogP contribution in [0.3, 0.4) is 0 Å². The van der Waals surface area contributed by atoms with Crippen molar-refractivity contribution in [1.29, 1.82) is 5.26 Å². The maximum atomic E-state index is 10.9. The van der Waals surface area contributed by atoms with Gasteiger partial charge in [-0.05, 0) is 13.0 Å². The van der Waals surface area contributed by atoms with Gasteiger partial charge in [-0.25, -0.2) is 0 Å². The Bertz CT molecular complexity index is 454. The topological polar surface area (TPSA) is 56.6 Å². The van der Waals surface area contributed by atoms with Crippen LogP contribution in [0, 0.1) is 30.1 Å². The number of nitrogens with zero attached hydrogens (tertiary/aromatic N) is 1. The molecule has 3 heteroatoms. The fraction of sp³-hybridized carbons (Fsp3) is 0.200. The number of H-pyrrole nitrogens is 1. The number of pyridine rings is 1. The Morgan fingerprint density at radius 2 is 2.38 bits per heavy atom. The van der Waals surface area contributed by atoms with Gasteiger partial charge in [0.1, 0.15) is 0 Å². The highest BCUT2D eigenvalue weighted by atomic mass is 16.1. The second-order valence-corrected chi connectivity index (χ2v) is 2.54. The summed E-state index contributed by atoms with van der Waals surface area (Å²) in [4.78, 5) is 13.5. The number of aromatic amines is 1. The van der Waals surface area contributed by atoms with Crippen LogP contribution in [0.2, 0.25) is 0 Å². The third-order valence-electron chi connectivity index (χ3n) is 1.49. The van der Waals surface area contributed by atoms with Crippen molar-refractivity contribution in [2.75, 3.05) is 0 Å². The van der Waals surface area contributed by atoms with E-state index in [1.165, 1.54) is 0 Å². The Kier molecular flexibility index (Phi) is 2.89. The second kappa shape index (κ2) is 4.13. The fourth-order valence-electron chi connectivity index (χ4n) is 0.856. The van der Waals surface area contributed by atoms with Crippen LogP contribution in [-0.2, 0) is 0 Å². The lowest BCUT2D eigenvalue weighted by molar-refractivity contribution is 1.17. The summed E-state index contributed by atoms with van der Waals surface area (Å²) in [6, 6.07) is 3.62. The monoisotopic (exact) mass is 172 g/mol. The molecule has 0 fully saturated rings. The van der Waals surface area contributed by atoms with Gasteiger partial charge < -0.3 is 4.98 Å². The van der Waals surface area contributed by atoms with Crippen molar-refractivity contribution in [3.63, 3.8) is 0 Å². The lowest BCUT2D eigenvalue weighted by Gasteiger charge is -1.91. The first-order valence-electron chi connectivity index (χ1n) is 3.79. The van der Waals surface area contributed by atoms with Crippen LogP contribution in [-0.4, -0.2) is 4.98 Å². The summed E-state index contributed by atoms with van der Waals surface area (Å²) in [6.07, 6.45) is 1.75. The highest BCUT2D eigenvalue weighted by Gasteiger charge is 1.92. The van der Waals surface area contributed by atoms with Crippen molar-refractivity contribution in [3.8, 4) is 17.9 Å². The first kappa shape index (κ1) is 9.09. The van der Waals surface area contributed by atoms with E-state index in [1.807, 2.05) is 6.07 Å². The minimum absolute atomic E-state index is 0.106. The fourth-order valence-corrected chi connectivity index (χ4v) is 0.856. The number of nitriles is 1. The molecule has 1 aromatic heterocycles. The Labute approximate surface area is 76.0 Å². The summed E-state index contributed by atoms with van der Waals surface area (Å²) in [7, 11) is 0. The molecule has 1 heterocycles. The number of aryl methyl sites for hydroxylation is 1. The normalized spacial score (nSPS) is 8.31. The molecule has 0 aliphatic rings. The van der Waals surface area contributed by atoms with E-state index in [4.69, 9.17) is 5.26 Å². The highest BCUT2D eigenvalue weighted by Crippen LogP contribution is 1.94. The van der Waals surface area contributed by atoms with E-state index in [2.05, 4.69) is 16.8 Å². The lowest BCUT2D eigenvalue weighted by atomic mass is 10.2. The molecule has 0 bridgehead atoms. The third kappa shape index (κ3) is 2.50. The van der Waals surface area contributed by atoms with E-state index in [0.29, 0.717) is 5.56 Å². The minimum atomic E-state index is -0.106. The van der Waals surface area contributed by atoms with Crippen molar-refractivity contribution < 1.29 is 0 Å². The van der Waals surface area contributed by atoms with E-state index < -0.39 is 0 Å². The molecule has 64 valence electrons. The molecular weight excluding hydrogens is 164 g/mol. The van der Waals surface area contributed by atoms with Crippen LogP contribution in [0.15, 0.2) is 17.1 Å². The summed E-state index contributed by atoms with van der Waals surface area (Å²) >= 11 is 0. The predicted molar refractivity (Wildman–Crippen MR) is 48.9 cm³/mol. The molecule has 0 saturated carbocycles. The van der Waals surface area contributed by atoms with E-state index in [9.17, 15) is 4.79 Å². The first-order chi connectivity index (χ1) is 6.24. The van der Waals surface area contributed by atoms with Gasteiger partial charge in [0.25, 0.3) is 5.56 Å². The zero-order valence-electron chi connectivity index (χ0n) is 7.22. The van der Waals surface area contributed by atoms with Crippen LogP contribution in [0.4, 0.5) is 0 Å². The van der Waals surface area contributed by atoms with E-state index in [0.717, 1.165) is 5.56 Å². The molecule has 0 amide bonds. The predicted octanol–water partition coefficient (Wildman–Crippen LogP) is 0.949. The SMILES string of the molecule is Cc1cc(C#CCC#N)c[nH]c1=O. The van der Waals surface area contributed by atoms with Crippen LogP contribution in [0.5, 0.6) is 0 Å². The average Bonchev–Trinajstić information content (AvgIpc) is 2.12. The van der Waals surface area contributed by atoms with Gasteiger partial charge in [0.05, 0.1) is 12.5 Å². The third-order valence-corrected chi connectivity index (χ3v) is 1.49. The summed E-state index contributed by atoms with van der Waals surface area (Å²) in [6.45, 7) is 1.72. The summed E-state index contributed by atoms with van der Waals surface area (Å²) in [5, 5.41) is 8.23. The highest BCUT2D eigenvalue weighted by molar-refractivity contribution is 5.34. The number of aromatic nitrogens is 1. The average molecular weight is 172 g/mol. The largest absolute Gasteiger partial charge is 0.328 e. The van der Waals surface area contributed by atoms with Crippen LogP contribution in [0.25, 0.3) is 0 Å². The van der Waals surface area contributed by atoms with Gasteiger partial charge in [0.15, 0.2) is 0 Å². The maximum absolute atomic E-state index is 10.9. The van der Waals surface area contributed by atoms with Crippen molar-refractivity contribution in [1.82, 2.24) is 4.98 Å². The van der Waals surface area contributed by atoms with Crippen LogP contribution in [0.1, 0.15) is 17.5 Å². The molecule has 0 aliphatic carbocycles. The standard InChI is InChI=1S/C10H8N2O/c1-8-6-9(4-2-3-5-11)7-12-10(8)13/h6-7H,3H2,1H3,(H,12,13). The van der Waals surface area contributed by atoms with Gasteiger partial charge >= 0.3 is 0 Å². The van der Waals surface area contributed by atoms with Crippen molar-refractivity contribution in [2.45, 2.75) is 13.3 Å². The van der Waals surface area contributed by atoms with Gasteiger partial charge in [-0.3, -0.25) is 4.79 Å². The zero-order valence-corrected chi connectivity index (χ0v) is 7.22. The molecule has 1 rings (SSSR count). The molecule has 0 aliphatic heterocycles. The molecule has 0 unspecified atom stereocenters. The minimum Gasteiger partial charge on any atom is -0.328 e. The Hall–Kier alpha value is -2.00. The molecule has 0 radical (unpaired) electrons. The second-order valence-electron chi connectivity index (χ2n) is 2.54. The smallest absolute Gasteiger partial charge is 0.250 e. The molecular formula is C10H8N2O. The lowest BCUT2D eigenvalue weighted by Crippen LogP contribution is -2.08. The summed E-state index contributed by atoms with van der Waals surface area (Å²) < 4.78 is 0. The molecule has 0 atom stereocenters. The maximum Gasteiger partial charge on any atom is 0.250 e. The molecule has 13 heavy (non-hydrogen) atoms. The van der Waals surface area contributed by atoms with Gasteiger partial charge in [0.2, 0.25) is 0 Å². The number of nitrogens with one attached hydrogen (secondary N) is 1. The number of rotatable bonds is 0. The molecule has 0 saturated heterocycles. The molecule has 1 aromatic rings. The Balaban J connectivity index is 2.95. The Morgan fingerprint density at radius 1 is 1.62 bits per heavy atom. The summed E-state index contributed by atoms with van der Waals surface area (Å²) in [5.74, 6) is 5.44. The van der Waals surface area contributed by atoms with Crippen LogP contribution < -0.4 is 5.56 Å². The molecule has 1 N–H and O–H groups in total. The van der Waals surface area contributed by atoms with Crippen LogP contribution >= 0.6 is 0 Å². The van der Waals surface area contributed by atoms with Gasteiger partial charge in [-0.2, -0.15) is 5.26 Å².